The van der Waals surface area contributed by atoms with Crippen LogP contribution in [0.3, 0.4) is 0 Å². The molecule has 3 N–H and O–H groups in total. The maximum absolute atomic E-state index is 12.4. The zero-order valence-electron chi connectivity index (χ0n) is 8.16. The molecular formula is C10H10F3NO2. The van der Waals surface area contributed by atoms with Crippen LogP contribution in [0.15, 0.2) is 18.2 Å². The van der Waals surface area contributed by atoms with Gasteiger partial charge in [-0.25, -0.2) is 0 Å². The van der Waals surface area contributed by atoms with Gasteiger partial charge in [0.05, 0.1) is 11.6 Å². The number of rotatable bonds is 0. The van der Waals surface area contributed by atoms with E-state index in [1.807, 2.05) is 0 Å². The highest BCUT2D eigenvalue weighted by atomic mass is 19.4. The summed E-state index contributed by atoms with van der Waals surface area (Å²) in [6, 6.07) is 2.37. The lowest BCUT2D eigenvalue weighted by Gasteiger charge is -2.28. The van der Waals surface area contributed by atoms with Gasteiger partial charge in [0.25, 0.3) is 0 Å². The Morgan fingerprint density at radius 2 is 2.06 bits per heavy atom. The van der Waals surface area contributed by atoms with E-state index in [4.69, 9.17) is 10.5 Å². The summed E-state index contributed by atoms with van der Waals surface area (Å²) in [6.45, 7) is -0.0878. The molecule has 16 heavy (non-hydrogen) atoms. The third-order valence-electron chi connectivity index (χ3n) is 2.52. The highest BCUT2D eigenvalue weighted by Gasteiger charge is 2.33. The number of ether oxygens (including phenoxy) is 1. The summed E-state index contributed by atoms with van der Waals surface area (Å²) in [5, 5.41) is 9.38. The van der Waals surface area contributed by atoms with Crippen molar-refractivity contribution >= 4 is 0 Å². The smallest absolute Gasteiger partial charge is 0.416 e. The third kappa shape index (κ3) is 1.85. The number of hydrogen-bond donors (Lipinski definition) is 2. The molecule has 3 nitrogen and oxygen atoms in total. The van der Waals surface area contributed by atoms with Crippen molar-refractivity contribution in [3.05, 3.63) is 29.3 Å². The van der Waals surface area contributed by atoms with Crippen molar-refractivity contribution in [1.82, 2.24) is 0 Å². The molecule has 1 aliphatic heterocycles. The van der Waals surface area contributed by atoms with Crippen LogP contribution in [0.5, 0.6) is 5.75 Å². The van der Waals surface area contributed by atoms with Gasteiger partial charge < -0.3 is 15.6 Å². The molecule has 1 heterocycles. The Bertz CT molecular complexity index is 406. The average molecular weight is 233 g/mol. The minimum Gasteiger partial charge on any atom is -0.490 e. The quantitative estimate of drug-likeness (QED) is 0.713. The summed E-state index contributed by atoms with van der Waals surface area (Å²) in [4.78, 5) is 0. The highest BCUT2D eigenvalue weighted by Crippen LogP contribution is 2.37. The van der Waals surface area contributed by atoms with Crippen molar-refractivity contribution in [2.24, 2.45) is 5.73 Å². The molecule has 0 aromatic heterocycles. The molecule has 0 radical (unpaired) electrons. The molecule has 88 valence electrons. The summed E-state index contributed by atoms with van der Waals surface area (Å²) < 4.78 is 42.2. The SMILES string of the molecule is N[C@H]1c2ccc(C(F)(F)F)cc2OC[C@@H]1O. The van der Waals surface area contributed by atoms with E-state index in [0.717, 1.165) is 12.1 Å². The van der Waals surface area contributed by atoms with Crippen molar-refractivity contribution < 1.29 is 23.0 Å². The van der Waals surface area contributed by atoms with E-state index in [-0.39, 0.29) is 12.4 Å². The lowest BCUT2D eigenvalue weighted by Crippen LogP contribution is -2.35. The molecule has 0 bridgehead atoms. The Kier molecular flexibility index (Phi) is 2.55. The molecule has 0 unspecified atom stereocenters. The van der Waals surface area contributed by atoms with Crippen LogP contribution in [0.25, 0.3) is 0 Å². The van der Waals surface area contributed by atoms with Crippen LogP contribution in [-0.4, -0.2) is 17.8 Å². The Balaban J connectivity index is 2.41. The average Bonchev–Trinajstić information content (AvgIpc) is 2.22. The van der Waals surface area contributed by atoms with E-state index in [1.54, 1.807) is 0 Å². The van der Waals surface area contributed by atoms with Crippen molar-refractivity contribution in [2.75, 3.05) is 6.61 Å². The number of nitrogens with two attached hydrogens (primary N) is 1. The molecule has 0 saturated carbocycles. The molecule has 0 fully saturated rings. The molecule has 1 aromatic carbocycles. The van der Waals surface area contributed by atoms with Crippen LogP contribution in [0.4, 0.5) is 13.2 Å². The lowest BCUT2D eigenvalue weighted by molar-refractivity contribution is -0.137. The number of halogens is 3. The van der Waals surface area contributed by atoms with Crippen LogP contribution in [0.2, 0.25) is 0 Å². The lowest BCUT2D eigenvalue weighted by atomic mass is 9.97. The molecule has 0 amide bonds. The maximum atomic E-state index is 12.4. The van der Waals surface area contributed by atoms with Gasteiger partial charge in [-0.1, -0.05) is 6.07 Å². The van der Waals surface area contributed by atoms with E-state index >= 15 is 0 Å². The van der Waals surface area contributed by atoms with Crippen molar-refractivity contribution in [1.29, 1.82) is 0 Å². The van der Waals surface area contributed by atoms with Gasteiger partial charge in [0, 0.05) is 5.56 Å². The molecule has 1 aromatic rings. The number of aliphatic hydroxyl groups is 1. The van der Waals surface area contributed by atoms with E-state index in [9.17, 15) is 18.3 Å². The molecule has 0 spiro atoms. The minimum atomic E-state index is -4.40. The minimum absolute atomic E-state index is 0.0878. The standard InChI is InChI=1S/C10H10F3NO2/c11-10(12,13)5-1-2-6-8(3-5)16-4-7(15)9(6)14/h1-3,7,9,15H,4,14H2/t7-,9-/m0/s1. The van der Waals surface area contributed by atoms with Crippen molar-refractivity contribution in [2.45, 2.75) is 18.3 Å². The first-order valence-corrected chi connectivity index (χ1v) is 4.67. The van der Waals surface area contributed by atoms with Crippen LogP contribution >= 0.6 is 0 Å². The van der Waals surface area contributed by atoms with Crippen molar-refractivity contribution in [3.8, 4) is 5.75 Å². The van der Waals surface area contributed by atoms with E-state index in [1.165, 1.54) is 6.07 Å². The first kappa shape index (κ1) is 11.2. The van der Waals surface area contributed by atoms with Crippen LogP contribution in [0, 0.1) is 0 Å². The van der Waals surface area contributed by atoms with Crippen LogP contribution in [0.1, 0.15) is 17.2 Å². The van der Waals surface area contributed by atoms with E-state index in [2.05, 4.69) is 0 Å². The van der Waals surface area contributed by atoms with Gasteiger partial charge in [0.2, 0.25) is 0 Å². The fraction of sp³-hybridized carbons (Fsp3) is 0.400. The zero-order valence-corrected chi connectivity index (χ0v) is 8.16. The molecule has 2 rings (SSSR count). The first-order valence-electron chi connectivity index (χ1n) is 4.67. The number of benzene rings is 1. The molecule has 1 aliphatic rings. The highest BCUT2D eigenvalue weighted by molar-refractivity contribution is 5.42. The van der Waals surface area contributed by atoms with Gasteiger partial charge in [0.15, 0.2) is 0 Å². The summed E-state index contributed by atoms with van der Waals surface area (Å²) in [5.74, 6) is 0.0904. The maximum Gasteiger partial charge on any atom is 0.416 e. The normalized spacial score (nSPS) is 24.8. The fourth-order valence-corrected chi connectivity index (χ4v) is 1.60. The number of hydrogen-bond acceptors (Lipinski definition) is 3. The van der Waals surface area contributed by atoms with Crippen molar-refractivity contribution in [3.63, 3.8) is 0 Å². The predicted molar refractivity (Wildman–Crippen MR) is 49.9 cm³/mol. The predicted octanol–water partition coefficient (Wildman–Crippen LogP) is 1.46. The van der Waals surface area contributed by atoms with Crippen LogP contribution in [-0.2, 0) is 6.18 Å². The Morgan fingerprint density at radius 3 is 2.69 bits per heavy atom. The fourth-order valence-electron chi connectivity index (χ4n) is 1.60. The van der Waals surface area contributed by atoms with Gasteiger partial charge in [-0.15, -0.1) is 0 Å². The van der Waals surface area contributed by atoms with Gasteiger partial charge in [0.1, 0.15) is 18.5 Å². The summed E-state index contributed by atoms with van der Waals surface area (Å²) in [6.07, 6.45) is -5.29. The summed E-state index contributed by atoms with van der Waals surface area (Å²) in [7, 11) is 0. The Morgan fingerprint density at radius 1 is 1.38 bits per heavy atom. The zero-order chi connectivity index (χ0) is 11.9. The summed E-state index contributed by atoms with van der Waals surface area (Å²) in [5.41, 5.74) is 5.25. The van der Waals surface area contributed by atoms with E-state index in [0.29, 0.717) is 5.56 Å². The second-order valence-corrected chi connectivity index (χ2v) is 3.65. The molecule has 6 heteroatoms. The van der Waals surface area contributed by atoms with Gasteiger partial charge in [-0.05, 0) is 12.1 Å². The number of aliphatic hydroxyl groups excluding tert-OH is 1. The second-order valence-electron chi connectivity index (χ2n) is 3.65. The van der Waals surface area contributed by atoms with Crippen LogP contribution < -0.4 is 10.5 Å². The number of fused-ring (bicyclic) bond motifs is 1. The molecule has 0 saturated heterocycles. The molecule has 2 atom stereocenters. The van der Waals surface area contributed by atoms with Gasteiger partial charge >= 0.3 is 6.18 Å². The molecular weight excluding hydrogens is 223 g/mol. The number of alkyl halides is 3. The largest absolute Gasteiger partial charge is 0.490 e. The van der Waals surface area contributed by atoms with Gasteiger partial charge in [-0.3, -0.25) is 0 Å². The third-order valence-corrected chi connectivity index (χ3v) is 2.52. The monoisotopic (exact) mass is 233 g/mol. The molecule has 0 aliphatic carbocycles. The Hall–Kier alpha value is -1.27. The van der Waals surface area contributed by atoms with E-state index < -0.39 is 23.9 Å². The topological polar surface area (TPSA) is 55.5 Å². The second kappa shape index (κ2) is 3.64. The first-order chi connectivity index (χ1) is 7.39. The van der Waals surface area contributed by atoms with Gasteiger partial charge in [-0.2, -0.15) is 13.2 Å². The Labute approximate surface area is 89.6 Å². The summed E-state index contributed by atoms with van der Waals surface area (Å²) >= 11 is 0.